The highest BCUT2D eigenvalue weighted by Gasteiger charge is 2.21. The van der Waals surface area contributed by atoms with Crippen molar-refractivity contribution in [2.45, 2.75) is 0 Å². The largest absolute Gasteiger partial charge is 0.307 e. The van der Waals surface area contributed by atoms with Crippen LogP contribution in [0.1, 0.15) is 5.56 Å². The number of nitrogens with zero attached hydrogens (tertiary/aromatic N) is 1. The number of rotatable bonds is 3. The van der Waals surface area contributed by atoms with E-state index in [1.54, 1.807) is 18.2 Å². The number of nitrogens with one attached hydrogen (secondary N) is 1. The first-order valence-electron chi connectivity index (χ1n) is 5.32. The summed E-state index contributed by atoms with van der Waals surface area (Å²) in [6, 6.07) is 5.92. The van der Waals surface area contributed by atoms with E-state index in [9.17, 15) is 14.9 Å². The van der Waals surface area contributed by atoms with E-state index in [2.05, 4.69) is 5.32 Å². The Morgan fingerprint density at radius 1 is 1.40 bits per heavy atom. The molecule has 20 heavy (non-hydrogen) atoms. The first-order chi connectivity index (χ1) is 9.45. The predicted molar refractivity (Wildman–Crippen MR) is 83.3 cm³/mol. The molecule has 0 unspecified atom stereocenters. The fourth-order valence-corrected chi connectivity index (χ4v) is 2.77. The summed E-state index contributed by atoms with van der Waals surface area (Å²) in [5.74, 6) is -0.282. The molecular weight excluding hydrogens is 320 g/mol. The molecule has 102 valence electrons. The third-order valence-electron chi connectivity index (χ3n) is 2.32. The summed E-state index contributed by atoms with van der Waals surface area (Å²) in [7, 11) is 0. The van der Waals surface area contributed by atoms with Crippen LogP contribution < -0.4 is 5.32 Å². The van der Waals surface area contributed by atoms with Crippen LogP contribution in [-0.4, -0.2) is 15.2 Å². The van der Waals surface area contributed by atoms with Gasteiger partial charge in [0.2, 0.25) is 0 Å². The number of thioether (sulfide) groups is 1. The summed E-state index contributed by atoms with van der Waals surface area (Å²) < 4.78 is 0.390. The number of non-ortho nitro benzene ring substituents is 1. The number of thiocarbonyl (C=S) groups is 1. The quantitative estimate of drug-likeness (QED) is 0.399. The van der Waals surface area contributed by atoms with Crippen molar-refractivity contribution in [2.75, 3.05) is 0 Å². The first kappa shape index (κ1) is 14.7. The van der Waals surface area contributed by atoms with Crippen LogP contribution in [0.15, 0.2) is 40.3 Å². The maximum absolute atomic E-state index is 11.4. The van der Waals surface area contributed by atoms with Crippen LogP contribution >= 0.6 is 35.6 Å². The van der Waals surface area contributed by atoms with Gasteiger partial charge in [-0.05, 0) is 29.8 Å². The molecule has 0 bridgehead atoms. The monoisotopic (exact) mass is 326 g/mol. The summed E-state index contributed by atoms with van der Waals surface area (Å²) in [5.41, 5.74) is 0.705. The molecule has 0 aromatic heterocycles. The van der Waals surface area contributed by atoms with Crippen molar-refractivity contribution >= 4 is 57.6 Å². The van der Waals surface area contributed by atoms with Gasteiger partial charge in [0, 0.05) is 17.2 Å². The highest BCUT2D eigenvalue weighted by atomic mass is 35.5. The average molecular weight is 327 g/mol. The number of amides is 1. The smallest absolute Gasteiger partial charge is 0.269 e. The van der Waals surface area contributed by atoms with Crippen molar-refractivity contribution in [2.24, 2.45) is 0 Å². The van der Waals surface area contributed by atoms with Crippen molar-refractivity contribution in [3.8, 4) is 0 Å². The van der Waals surface area contributed by atoms with Crippen LogP contribution in [0.3, 0.4) is 0 Å². The fourth-order valence-electron chi connectivity index (χ4n) is 1.44. The molecule has 0 radical (unpaired) electrons. The van der Waals surface area contributed by atoms with Gasteiger partial charge in [0.25, 0.3) is 11.6 Å². The summed E-state index contributed by atoms with van der Waals surface area (Å²) in [4.78, 5) is 21.9. The van der Waals surface area contributed by atoms with Crippen molar-refractivity contribution in [1.29, 1.82) is 0 Å². The Balaban J connectivity index is 2.18. The van der Waals surface area contributed by atoms with Crippen LogP contribution in [-0.2, 0) is 4.79 Å². The topological polar surface area (TPSA) is 72.2 Å². The molecule has 1 aromatic rings. The molecule has 2 rings (SSSR count). The molecule has 8 heteroatoms. The van der Waals surface area contributed by atoms with Crippen LogP contribution in [0.4, 0.5) is 5.69 Å². The van der Waals surface area contributed by atoms with E-state index in [1.165, 1.54) is 18.2 Å². The SMILES string of the molecule is O=C1NC(=S)SC1=C/C(Cl)=C/c1ccc([N+](=O)[O-])cc1. The highest BCUT2D eigenvalue weighted by Crippen LogP contribution is 2.26. The van der Waals surface area contributed by atoms with Gasteiger partial charge in [-0.1, -0.05) is 35.6 Å². The second kappa shape index (κ2) is 6.17. The predicted octanol–water partition coefficient (Wildman–Crippen LogP) is 3.21. The molecule has 5 nitrogen and oxygen atoms in total. The molecule has 1 fully saturated rings. The zero-order valence-corrected chi connectivity index (χ0v) is 12.2. The standard InChI is InChI=1S/C12H7ClN2O3S2/c13-8(6-10-11(16)14-12(19)20-10)5-7-1-3-9(4-2-7)15(17)18/h1-6H,(H,14,16,19)/b8-5-,10-6?. The second-order valence-corrected chi connectivity index (χ2v) is 5.89. The van der Waals surface area contributed by atoms with E-state index < -0.39 is 4.92 Å². The molecule has 0 atom stereocenters. The van der Waals surface area contributed by atoms with Gasteiger partial charge in [0.15, 0.2) is 0 Å². The Labute approximate surface area is 128 Å². The molecular formula is C12H7ClN2O3S2. The first-order valence-corrected chi connectivity index (χ1v) is 6.92. The van der Waals surface area contributed by atoms with E-state index in [-0.39, 0.29) is 11.6 Å². The number of hydrogen-bond donors (Lipinski definition) is 1. The number of hydrogen-bond acceptors (Lipinski definition) is 5. The van der Waals surface area contributed by atoms with Gasteiger partial charge >= 0.3 is 0 Å². The van der Waals surface area contributed by atoms with Gasteiger partial charge in [-0.15, -0.1) is 0 Å². The summed E-state index contributed by atoms with van der Waals surface area (Å²) in [6.07, 6.45) is 3.11. The van der Waals surface area contributed by atoms with Crippen molar-refractivity contribution in [3.63, 3.8) is 0 Å². The molecule has 0 saturated carbocycles. The Kier molecular flexibility index (Phi) is 4.53. The lowest BCUT2D eigenvalue weighted by molar-refractivity contribution is -0.384. The van der Waals surface area contributed by atoms with Gasteiger partial charge < -0.3 is 5.32 Å². The fraction of sp³-hybridized carbons (Fsp3) is 0. The van der Waals surface area contributed by atoms with Crippen molar-refractivity contribution in [1.82, 2.24) is 5.32 Å². The number of nitro groups is 1. The highest BCUT2D eigenvalue weighted by molar-refractivity contribution is 8.26. The number of halogens is 1. The zero-order valence-electron chi connectivity index (χ0n) is 9.83. The van der Waals surface area contributed by atoms with Crippen LogP contribution in [0, 0.1) is 10.1 Å². The van der Waals surface area contributed by atoms with Gasteiger partial charge in [0.05, 0.1) is 9.83 Å². The number of carbonyl (C=O) groups excluding carboxylic acids is 1. The van der Waals surface area contributed by atoms with Gasteiger partial charge in [-0.25, -0.2) is 0 Å². The molecule has 1 N–H and O–H groups in total. The number of carbonyl (C=O) groups is 1. The minimum Gasteiger partial charge on any atom is -0.307 e. The van der Waals surface area contributed by atoms with E-state index in [0.717, 1.165) is 11.8 Å². The summed E-state index contributed by atoms with van der Waals surface area (Å²) >= 11 is 12.0. The number of allylic oxidation sites excluding steroid dienone is 2. The van der Waals surface area contributed by atoms with E-state index in [1.807, 2.05) is 0 Å². The van der Waals surface area contributed by atoms with E-state index in [4.69, 9.17) is 23.8 Å². The second-order valence-electron chi connectivity index (χ2n) is 3.73. The minimum atomic E-state index is -0.475. The van der Waals surface area contributed by atoms with E-state index in [0.29, 0.717) is 19.8 Å². The molecule has 1 heterocycles. The molecule has 1 aromatic carbocycles. The minimum absolute atomic E-state index is 0.00713. The summed E-state index contributed by atoms with van der Waals surface area (Å²) in [6.45, 7) is 0. The van der Waals surface area contributed by atoms with Gasteiger partial charge in [-0.3, -0.25) is 14.9 Å². The van der Waals surface area contributed by atoms with Crippen molar-refractivity contribution in [3.05, 3.63) is 56.0 Å². The van der Waals surface area contributed by atoms with Crippen molar-refractivity contribution < 1.29 is 9.72 Å². The molecule has 1 amide bonds. The lowest BCUT2D eigenvalue weighted by Crippen LogP contribution is -2.17. The Hall–Kier alpha value is -1.70. The lowest BCUT2D eigenvalue weighted by Gasteiger charge is -1.96. The Morgan fingerprint density at radius 3 is 2.55 bits per heavy atom. The molecule has 1 aliphatic heterocycles. The number of benzene rings is 1. The Bertz CT molecular complexity index is 653. The third-order valence-corrected chi connectivity index (χ3v) is 3.70. The molecule has 0 spiro atoms. The van der Waals surface area contributed by atoms with Crippen LogP contribution in [0.2, 0.25) is 0 Å². The lowest BCUT2D eigenvalue weighted by atomic mass is 10.2. The van der Waals surface area contributed by atoms with Crippen LogP contribution in [0.5, 0.6) is 0 Å². The van der Waals surface area contributed by atoms with Crippen LogP contribution in [0.25, 0.3) is 6.08 Å². The summed E-state index contributed by atoms with van der Waals surface area (Å²) in [5, 5.41) is 13.3. The zero-order chi connectivity index (χ0) is 14.7. The average Bonchev–Trinajstić information content (AvgIpc) is 2.68. The molecule has 0 aliphatic carbocycles. The van der Waals surface area contributed by atoms with E-state index >= 15 is 0 Å². The maximum atomic E-state index is 11.4. The maximum Gasteiger partial charge on any atom is 0.269 e. The van der Waals surface area contributed by atoms with Gasteiger partial charge in [0.1, 0.15) is 4.32 Å². The molecule has 1 aliphatic rings. The number of nitro benzene ring substituents is 1. The van der Waals surface area contributed by atoms with Gasteiger partial charge in [-0.2, -0.15) is 0 Å². The normalized spacial score (nSPS) is 17.4. The third kappa shape index (κ3) is 3.66. The Morgan fingerprint density at radius 2 is 2.05 bits per heavy atom. The molecule has 1 saturated heterocycles.